The molecule has 0 aliphatic heterocycles. The first kappa shape index (κ1) is 15.2. The molecule has 0 radical (unpaired) electrons. The van der Waals surface area contributed by atoms with Crippen LogP contribution >= 0.6 is 11.3 Å². The third-order valence-corrected chi connectivity index (χ3v) is 4.06. The van der Waals surface area contributed by atoms with E-state index in [1.54, 1.807) is 30.6 Å². The predicted octanol–water partition coefficient (Wildman–Crippen LogP) is 2.54. The lowest BCUT2D eigenvalue weighted by atomic mass is 10.2. The van der Waals surface area contributed by atoms with E-state index >= 15 is 0 Å². The van der Waals surface area contributed by atoms with Crippen molar-refractivity contribution < 1.29 is 14.6 Å². The van der Waals surface area contributed by atoms with E-state index in [9.17, 15) is 5.11 Å². The molecule has 2 aromatic rings. The summed E-state index contributed by atoms with van der Waals surface area (Å²) >= 11 is 1.56. The molecule has 2 N–H and O–H groups in total. The minimum absolute atomic E-state index is 0.104. The van der Waals surface area contributed by atoms with E-state index in [1.165, 1.54) is 7.11 Å². The highest BCUT2D eigenvalue weighted by Crippen LogP contribution is 2.32. The van der Waals surface area contributed by atoms with E-state index in [1.807, 2.05) is 25.1 Å². The van der Waals surface area contributed by atoms with Crippen LogP contribution < -0.4 is 19.7 Å². The molecule has 6 nitrogen and oxygen atoms in total. The molecule has 0 fully saturated rings. The summed E-state index contributed by atoms with van der Waals surface area (Å²) in [4.78, 5) is 7.34. The van der Waals surface area contributed by atoms with Crippen molar-refractivity contribution in [1.29, 1.82) is 0 Å². The molecule has 21 heavy (non-hydrogen) atoms. The van der Waals surface area contributed by atoms with Crippen LogP contribution in [0.2, 0.25) is 0 Å². The number of hydrogen-bond donors (Lipinski definition) is 2. The van der Waals surface area contributed by atoms with Gasteiger partial charge in [-0.05, 0) is 12.1 Å². The van der Waals surface area contributed by atoms with Gasteiger partial charge in [0.05, 0.1) is 25.6 Å². The number of hydrogen-bond acceptors (Lipinski definition) is 7. The number of rotatable bonds is 6. The second kappa shape index (κ2) is 6.53. The Morgan fingerprint density at radius 2 is 2.05 bits per heavy atom. The molecule has 1 aromatic carbocycles. The Morgan fingerprint density at radius 3 is 2.62 bits per heavy atom. The van der Waals surface area contributed by atoms with E-state index in [-0.39, 0.29) is 5.75 Å². The Labute approximate surface area is 128 Å². The minimum atomic E-state index is 0.104. The van der Waals surface area contributed by atoms with Crippen LogP contribution in [0, 0.1) is 0 Å². The zero-order valence-electron chi connectivity index (χ0n) is 12.5. The Morgan fingerprint density at radius 1 is 1.29 bits per heavy atom. The maximum Gasteiger partial charge on any atom is 0.231 e. The highest BCUT2D eigenvalue weighted by atomic mass is 32.1. The van der Waals surface area contributed by atoms with Crippen molar-refractivity contribution in [1.82, 2.24) is 4.98 Å². The standard InChI is InChI=1S/C14H19N3O3S/c1-17(2)14-16-13(20-4)12(21-14)8-15-9-5-6-11(19-3)10(18)7-9/h5-7,15,18H,8H2,1-4H3. The number of methoxy groups -OCH3 is 2. The fourth-order valence-corrected chi connectivity index (χ4v) is 2.66. The first-order valence-corrected chi connectivity index (χ1v) is 7.18. The third-order valence-electron chi connectivity index (χ3n) is 2.86. The van der Waals surface area contributed by atoms with Crippen LogP contribution in [0.15, 0.2) is 18.2 Å². The van der Waals surface area contributed by atoms with E-state index in [4.69, 9.17) is 9.47 Å². The number of nitrogens with one attached hydrogen (secondary N) is 1. The summed E-state index contributed by atoms with van der Waals surface area (Å²) in [6.07, 6.45) is 0. The fraction of sp³-hybridized carbons (Fsp3) is 0.357. The van der Waals surface area contributed by atoms with Crippen LogP contribution in [-0.2, 0) is 6.54 Å². The Bertz CT molecular complexity index is 614. The van der Waals surface area contributed by atoms with Gasteiger partial charge in [0.15, 0.2) is 16.6 Å². The number of aromatic nitrogens is 1. The van der Waals surface area contributed by atoms with Crippen LogP contribution in [-0.4, -0.2) is 38.4 Å². The number of anilines is 2. The Balaban J connectivity index is 2.10. The molecule has 0 bridgehead atoms. The van der Waals surface area contributed by atoms with Crippen LogP contribution in [0.25, 0.3) is 0 Å². The van der Waals surface area contributed by atoms with Gasteiger partial charge in [0, 0.05) is 25.8 Å². The molecule has 0 spiro atoms. The molecule has 0 aliphatic rings. The summed E-state index contributed by atoms with van der Waals surface area (Å²) < 4.78 is 10.3. The lowest BCUT2D eigenvalue weighted by Gasteiger charge is -2.08. The smallest absolute Gasteiger partial charge is 0.231 e. The molecule has 7 heteroatoms. The number of ether oxygens (including phenoxy) is 2. The summed E-state index contributed by atoms with van der Waals surface area (Å²) in [5, 5.41) is 13.9. The van der Waals surface area contributed by atoms with Crippen LogP contribution in [0.3, 0.4) is 0 Å². The molecule has 0 saturated carbocycles. The van der Waals surface area contributed by atoms with E-state index in [0.717, 1.165) is 15.7 Å². The quantitative estimate of drug-likeness (QED) is 0.855. The van der Waals surface area contributed by atoms with Gasteiger partial charge >= 0.3 is 0 Å². The second-order valence-electron chi connectivity index (χ2n) is 4.56. The highest BCUT2D eigenvalue weighted by Gasteiger charge is 2.13. The van der Waals surface area contributed by atoms with Gasteiger partial charge in [0.1, 0.15) is 0 Å². The summed E-state index contributed by atoms with van der Waals surface area (Å²) in [7, 11) is 7.01. The zero-order chi connectivity index (χ0) is 15.4. The largest absolute Gasteiger partial charge is 0.504 e. The molecule has 0 amide bonds. The van der Waals surface area contributed by atoms with Gasteiger partial charge in [-0.15, -0.1) is 0 Å². The molecule has 0 aliphatic carbocycles. The van der Waals surface area contributed by atoms with Crippen LogP contribution in [0.5, 0.6) is 17.4 Å². The highest BCUT2D eigenvalue weighted by molar-refractivity contribution is 7.15. The zero-order valence-corrected chi connectivity index (χ0v) is 13.3. The molecule has 0 saturated heterocycles. The van der Waals surface area contributed by atoms with Crippen molar-refractivity contribution >= 4 is 22.2 Å². The summed E-state index contributed by atoms with van der Waals surface area (Å²) in [5.74, 6) is 1.17. The molecular weight excluding hydrogens is 290 g/mol. The van der Waals surface area contributed by atoms with Crippen molar-refractivity contribution in [2.45, 2.75) is 6.54 Å². The van der Waals surface area contributed by atoms with Gasteiger partial charge in [-0.2, -0.15) is 4.98 Å². The van der Waals surface area contributed by atoms with Crippen molar-refractivity contribution in [3.63, 3.8) is 0 Å². The minimum Gasteiger partial charge on any atom is -0.504 e. The van der Waals surface area contributed by atoms with Crippen molar-refractivity contribution in [2.75, 3.05) is 38.5 Å². The first-order chi connectivity index (χ1) is 10.0. The average molecular weight is 309 g/mol. The van der Waals surface area contributed by atoms with Gasteiger partial charge < -0.3 is 24.8 Å². The summed E-state index contributed by atoms with van der Waals surface area (Å²) in [5.41, 5.74) is 0.801. The number of phenolic OH excluding ortho intramolecular Hbond substituents is 1. The lowest BCUT2D eigenvalue weighted by Crippen LogP contribution is -2.07. The van der Waals surface area contributed by atoms with Gasteiger partial charge in [-0.3, -0.25) is 0 Å². The van der Waals surface area contributed by atoms with E-state index in [0.29, 0.717) is 18.2 Å². The van der Waals surface area contributed by atoms with E-state index < -0.39 is 0 Å². The van der Waals surface area contributed by atoms with Gasteiger partial charge in [-0.25, -0.2) is 0 Å². The van der Waals surface area contributed by atoms with Crippen molar-refractivity contribution in [3.8, 4) is 17.4 Å². The van der Waals surface area contributed by atoms with Gasteiger partial charge in [0.25, 0.3) is 0 Å². The summed E-state index contributed by atoms with van der Waals surface area (Å²) in [6.45, 7) is 0.570. The molecule has 1 aromatic heterocycles. The molecule has 1 heterocycles. The summed E-state index contributed by atoms with van der Waals surface area (Å²) in [6, 6.07) is 5.19. The molecule has 114 valence electrons. The normalized spacial score (nSPS) is 10.3. The molecular formula is C14H19N3O3S. The van der Waals surface area contributed by atoms with Crippen molar-refractivity contribution in [2.24, 2.45) is 0 Å². The first-order valence-electron chi connectivity index (χ1n) is 6.37. The fourth-order valence-electron chi connectivity index (χ4n) is 1.77. The predicted molar refractivity (Wildman–Crippen MR) is 85.0 cm³/mol. The number of benzene rings is 1. The average Bonchev–Trinajstić information content (AvgIpc) is 2.88. The lowest BCUT2D eigenvalue weighted by molar-refractivity contribution is 0.373. The van der Waals surface area contributed by atoms with Gasteiger partial charge in [0.2, 0.25) is 5.88 Å². The maximum atomic E-state index is 9.76. The van der Waals surface area contributed by atoms with Crippen molar-refractivity contribution in [3.05, 3.63) is 23.1 Å². The number of thiazole rings is 1. The third kappa shape index (κ3) is 3.49. The topological polar surface area (TPSA) is 66.9 Å². The molecule has 0 unspecified atom stereocenters. The van der Waals surface area contributed by atoms with E-state index in [2.05, 4.69) is 10.3 Å². The molecule has 2 rings (SSSR count). The van der Waals surface area contributed by atoms with Crippen LogP contribution in [0.4, 0.5) is 10.8 Å². The maximum absolute atomic E-state index is 9.76. The number of aromatic hydroxyl groups is 1. The monoisotopic (exact) mass is 309 g/mol. The second-order valence-corrected chi connectivity index (χ2v) is 5.63. The van der Waals surface area contributed by atoms with Crippen LogP contribution in [0.1, 0.15) is 4.88 Å². The Hall–Kier alpha value is -2.15. The molecule has 0 atom stereocenters. The SMILES string of the molecule is COc1ccc(NCc2sc(N(C)C)nc2OC)cc1O. The Kier molecular flexibility index (Phi) is 4.74. The number of phenols is 1. The number of nitrogens with zero attached hydrogens (tertiary/aromatic N) is 2. The van der Waals surface area contributed by atoms with Gasteiger partial charge in [-0.1, -0.05) is 11.3 Å².